The highest BCUT2D eigenvalue weighted by Crippen LogP contribution is 2.25. The van der Waals surface area contributed by atoms with Gasteiger partial charge >= 0.3 is 12.5 Å². The summed E-state index contributed by atoms with van der Waals surface area (Å²) in [5, 5.41) is 6.81. The van der Waals surface area contributed by atoms with Gasteiger partial charge in [0.05, 0.1) is 19.8 Å². The Kier molecular flexibility index (Phi) is 7.23. The Morgan fingerprint density at radius 3 is 2.52 bits per heavy atom. The highest BCUT2D eigenvalue weighted by molar-refractivity contribution is 5.74. The molecule has 2 aromatic carbocycles. The fourth-order valence-corrected chi connectivity index (χ4v) is 3.56. The minimum absolute atomic E-state index is 0.0568. The van der Waals surface area contributed by atoms with Gasteiger partial charge in [-0.3, -0.25) is 0 Å². The molecular weight excluding hydrogens is 437 g/mol. The lowest BCUT2D eigenvalue weighted by atomic mass is 10.1. The molecule has 174 valence electrons. The highest BCUT2D eigenvalue weighted by Gasteiger charge is 2.24. The lowest BCUT2D eigenvalue weighted by molar-refractivity contribution is 0.0426. The maximum absolute atomic E-state index is 14.9. The average Bonchev–Trinajstić information content (AvgIpc) is 3.34. The van der Waals surface area contributed by atoms with Crippen LogP contribution in [0.1, 0.15) is 23.4 Å². The molecule has 33 heavy (non-hydrogen) atoms. The monoisotopic (exact) mass is 460 g/mol. The van der Waals surface area contributed by atoms with Gasteiger partial charge in [-0.15, -0.1) is 10.2 Å². The van der Waals surface area contributed by atoms with E-state index in [2.05, 4.69) is 10.2 Å². The molecule has 1 aromatic heterocycles. The molecule has 0 bridgehead atoms. The van der Waals surface area contributed by atoms with Crippen molar-refractivity contribution in [3.8, 4) is 11.5 Å². The van der Waals surface area contributed by atoms with Gasteiger partial charge in [-0.05, 0) is 24.1 Å². The first-order valence-electron chi connectivity index (χ1n) is 10.6. The first kappa shape index (κ1) is 22.8. The van der Waals surface area contributed by atoms with E-state index in [-0.39, 0.29) is 24.0 Å². The number of hydrogen-bond donors (Lipinski definition) is 0. The molecule has 1 fully saturated rings. The minimum atomic E-state index is -2.90. The van der Waals surface area contributed by atoms with E-state index in [9.17, 15) is 18.0 Å². The molecule has 0 N–H and O–H groups in total. The van der Waals surface area contributed by atoms with Crippen LogP contribution in [-0.4, -0.2) is 58.9 Å². The number of nitrogens with zero attached hydrogens (tertiary/aromatic N) is 4. The quantitative estimate of drug-likeness (QED) is 0.526. The van der Waals surface area contributed by atoms with E-state index in [1.165, 1.54) is 12.1 Å². The van der Waals surface area contributed by atoms with Crippen molar-refractivity contribution in [3.05, 3.63) is 71.4 Å². The number of amides is 2. The summed E-state index contributed by atoms with van der Waals surface area (Å²) in [4.78, 5) is 16.5. The Morgan fingerprint density at radius 1 is 1.09 bits per heavy atom. The number of alkyl halides is 2. The van der Waals surface area contributed by atoms with Crippen LogP contribution in [0.3, 0.4) is 0 Å². The van der Waals surface area contributed by atoms with Crippen molar-refractivity contribution in [1.29, 1.82) is 0 Å². The van der Waals surface area contributed by atoms with E-state index in [4.69, 9.17) is 9.15 Å². The summed E-state index contributed by atoms with van der Waals surface area (Å²) in [5.74, 6) is -1.61. The van der Waals surface area contributed by atoms with Gasteiger partial charge in [0.1, 0.15) is 5.82 Å². The van der Waals surface area contributed by atoms with Crippen LogP contribution in [0.5, 0.6) is 0 Å². The largest absolute Gasteiger partial charge is 0.415 e. The van der Waals surface area contributed by atoms with Gasteiger partial charge in [0.15, 0.2) is 0 Å². The van der Waals surface area contributed by atoms with E-state index in [0.29, 0.717) is 44.8 Å². The normalized spacial score (nSPS) is 14.0. The number of ether oxygens (including phenoxy) is 1. The molecule has 1 saturated heterocycles. The Morgan fingerprint density at radius 2 is 1.85 bits per heavy atom. The Labute approximate surface area is 188 Å². The van der Waals surface area contributed by atoms with Crippen molar-refractivity contribution in [3.63, 3.8) is 0 Å². The smallest absolute Gasteiger partial charge is 0.320 e. The molecule has 1 aliphatic heterocycles. The molecule has 4 rings (SSSR count). The van der Waals surface area contributed by atoms with Crippen LogP contribution < -0.4 is 0 Å². The number of benzene rings is 2. The molecule has 2 amide bonds. The van der Waals surface area contributed by atoms with Crippen LogP contribution in [-0.2, 0) is 17.7 Å². The molecule has 0 aliphatic carbocycles. The number of carbonyl (C=O) groups is 1. The fourth-order valence-electron chi connectivity index (χ4n) is 3.56. The number of hydrogen-bond acceptors (Lipinski definition) is 5. The summed E-state index contributed by atoms with van der Waals surface area (Å²) in [6.45, 7) is 2.35. The molecule has 0 unspecified atom stereocenters. The molecule has 0 radical (unpaired) electrons. The van der Waals surface area contributed by atoms with E-state index in [1.807, 2.05) is 30.3 Å². The molecule has 7 nitrogen and oxygen atoms in total. The first-order chi connectivity index (χ1) is 16.0. The third-order valence-electron chi connectivity index (χ3n) is 5.35. The van der Waals surface area contributed by atoms with Crippen LogP contribution in [0.2, 0.25) is 0 Å². The van der Waals surface area contributed by atoms with Gasteiger partial charge in [-0.25, -0.2) is 9.18 Å². The topological polar surface area (TPSA) is 71.7 Å². The zero-order valence-corrected chi connectivity index (χ0v) is 17.8. The van der Waals surface area contributed by atoms with Gasteiger partial charge in [0.25, 0.3) is 5.89 Å². The molecule has 0 spiro atoms. The molecule has 3 aromatic rings. The summed E-state index contributed by atoms with van der Waals surface area (Å²) < 4.78 is 50.5. The van der Waals surface area contributed by atoms with Crippen molar-refractivity contribution in [1.82, 2.24) is 20.0 Å². The number of carbonyl (C=O) groups excluding carboxylic acids is 1. The van der Waals surface area contributed by atoms with Crippen LogP contribution in [0.25, 0.3) is 11.5 Å². The van der Waals surface area contributed by atoms with E-state index >= 15 is 0 Å². The van der Waals surface area contributed by atoms with E-state index < -0.39 is 18.1 Å². The number of urea groups is 1. The second-order valence-corrected chi connectivity index (χ2v) is 7.59. The Bertz CT molecular complexity index is 1070. The predicted molar refractivity (Wildman–Crippen MR) is 113 cm³/mol. The molecule has 2 heterocycles. The number of morpholine rings is 1. The summed E-state index contributed by atoms with van der Waals surface area (Å²) in [5.41, 5.74) is 1.55. The maximum atomic E-state index is 14.9. The number of halogens is 3. The Hall–Kier alpha value is -3.40. The van der Waals surface area contributed by atoms with Crippen molar-refractivity contribution in [2.75, 3.05) is 32.8 Å². The molecule has 0 saturated carbocycles. The number of rotatable bonds is 7. The predicted octanol–water partition coefficient (Wildman–Crippen LogP) is 4.31. The van der Waals surface area contributed by atoms with Crippen LogP contribution in [0.15, 0.2) is 52.9 Å². The summed E-state index contributed by atoms with van der Waals surface area (Å²) in [6.07, 6.45) is -2.28. The van der Waals surface area contributed by atoms with Crippen molar-refractivity contribution in [2.24, 2.45) is 0 Å². The van der Waals surface area contributed by atoms with Crippen molar-refractivity contribution < 1.29 is 27.1 Å². The molecular formula is C23H23F3N4O3. The van der Waals surface area contributed by atoms with Gasteiger partial charge in [-0.1, -0.05) is 36.4 Å². The van der Waals surface area contributed by atoms with Crippen LogP contribution in [0.4, 0.5) is 18.0 Å². The van der Waals surface area contributed by atoms with Crippen LogP contribution in [0, 0.1) is 5.82 Å². The Balaban J connectivity index is 1.51. The third-order valence-corrected chi connectivity index (χ3v) is 5.35. The SMILES string of the molecule is O=C(N1CCOCC1)N(CCc1ccccc1)Cc1ccc(-c2nnc(C(F)F)o2)cc1F. The lowest BCUT2D eigenvalue weighted by Crippen LogP contribution is -2.48. The average molecular weight is 460 g/mol. The van der Waals surface area contributed by atoms with Gasteiger partial charge in [0, 0.05) is 30.8 Å². The van der Waals surface area contributed by atoms with Gasteiger partial charge in [0.2, 0.25) is 5.89 Å². The fraction of sp³-hybridized carbons (Fsp3) is 0.348. The lowest BCUT2D eigenvalue weighted by Gasteiger charge is -2.33. The summed E-state index contributed by atoms with van der Waals surface area (Å²) in [7, 11) is 0. The minimum Gasteiger partial charge on any atom is -0.415 e. The number of aromatic nitrogens is 2. The van der Waals surface area contributed by atoms with Crippen molar-refractivity contribution in [2.45, 2.75) is 19.4 Å². The van der Waals surface area contributed by atoms with Gasteiger partial charge in [-0.2, -0.15) is 8.78 Å². The molecule has 1 aliphatic rings. The molecule has 10 heteroatoms. The zero-order valence-electron chi connectivity index (χ0n) is 17.8. The van der Waals surface area contributed by atoms with E-state index in [1.54, 1.807) is 9.80 Å². The van der Waals surface area contributed by atoms with Gasteiger partial charge < -0.3 is 19.0 Å². The third kappa shape index (κ3) is 5.70. The highest BCUT2D eigenvalue weighted by atomic mass is 19.3. The molecule has 0 atom stereocenters. The zero-order chi connectivity index (χ0) is 23.2. The van der Waals surface area contributed by atoms with Crippen molar-refractivity contribution >= 4 is 6.03 Å². The first-order valence-corrected chi connectivity index (χ1v) is 10.6. The summed E-state index contributed by atoms with van der Waals surface area (Å²) in [6, 6.07) is 13.7. The van der Waals surface area contributed by atoms with E-state index in [0.717, 1.165) is 11.6 Å². The second-order valence-electron chi connectivity index (χ2n) is 7.59. The van der Waals surface area contributed by atoms with Crippen LogP contribution >= 0.6 is 0 Å². The maximum Gasteiger partial charge on any atom is 0.320 e. The standard InChI is InChI=1S/C23H23F3N4O3/c24-19-14-17(21-27-28-22(33-21)20(25)26)6-7-18(19)15-30(9-8-16-4-2-1-3-5-16)23(31)29-10-12-32-13-11-29/h1-7,14,20H,8-13,15H2. The summed E-state index contributed by atoms with van der Waals surface area (Å²) >= 11 is 0. The second kappa shape index (κ2) is 10.5.